The van der Waals surface area contributed by atoms with Crippen molar-refractivity contribution in [3.8, 4) is 0 Å². The number of hydrogen-bond acceptors (Lipinski definition) is 2. The van der Waals surface area contributed by atoms with Crippen LogP contribution in [0.5, 0.6) is 0 Å². The average Bonchev–Trinajstić information content (AvgIpc) is 2.93. The van der Waals surface area contributed by atoms with Crippen LogP contribution >= 0.6 is 15.9 Å². The average molecular weight is 322 g/mol. The van der Waals surface area contributed by atoms with E-state index in [9.17, 15) is 4.79 Å². The maximum Gasteiger partial charge on any atom is 0.238 e. The van der Waals surface area contributed by atoms with Gasteiger partial charge >= 0.3 is 0 Å². The van der Waals surface area contributed by atoms with Crippen molar-refractivity contribution in [2.75, 3.05) is 5.32 Å². The van der Waals surface area contributed by atoms with E-state index in [1.807, 2.05) is 48.1 Å². The van der Waals surface area contributed by atoms with Crippen molar-refractivity contribution in [3.63, 3.8) is 0 Å². The molecule has 1 amide bonds. The highest BCUT2D eigenvalue weighted by molar-refractivity contribution is 9.10. The molecule has 1 unspecified atom stereocenters. The number of alkyl halides is 1. The van der Waals surface area contributed by atoms with Gasteiger partial charge in [-0.05, 0) is 30.2 Å². The number of anilines is 1. The van der Waals surface area contributed by atoms with E-state index < -0.39 is 0 Å². The van der Waals surface area contributed by atoms with E-state index in [4.69, 9.17) is 0 Å². The summed E-state index contributed by atoms with van der Waals surface area (Å²) in [4.78, 5) is 11.6. The van der Waals surface area contributed by atoms with Crippen molar-refractivity contribution in [2.45, 2.75) is 24.7 Å². The molecule has 0 saturated heterocycles. The molecule has 0 spiro atoms. The minimum atomic E-state index is -0.142. The molecule has 2 aromatic rings. The maximum absolute atomic E-state index is 11.7. The normalized spacial score (nSPS) is 12.1. The third-order valence-corrected chi connectivity index (χ3v) is 3.83. The van der Waals surface area contributed by atoms with Crippen LogP contribution in [0.2, 0.25) is 0 Å². The lowest BCUT2D eigenvalue weighted by Crippen LogP contribution is -2.21. The number of carbonyl (C=O) groups is 1. The molecule has 0 radical (unpaired) electrons. The topological polar surface area (TPSA) is 46.9 Å². The Kier molecular flexibility index (Phi) is 4.74. The first-order valence-corrected chi connectivity index (χ1v) is 7.12. The van der Waals surface area contributed by atoms with Gasteiger partial charge in [-0.2, -0.15) is 5.10 Å². The summed E-state index contributed by atoms with van der Waals surface area (Å²) in [6, 6.07) is 9.70. The molecule has 0 fully saturated rings. The van der Waals surface area contributed by atoms with Gasteiger partial charge in [0.25, 0.3) is 0 Å². The quantitative estimate of drug-likeness (QED) is 0.860. The fourth-order valence-electron chi connectivity index (χ4n) is 1.68. The molecule has 1 N–H and O–H groups in total. The van der Waals surface area contributed by atoms with Crippen LogP contribution in [0.25, 0.3) is 0 Å². The summed E-state index contributed by atoms with van der Waals surface area (Å²) in [5.41, 5.74) is 1.96. The minimum Gasteiger partial charge on any atom is -0.325 e. The van der Waals surface area contributed by atoms with Crippen molar-refractivity contribution < 1.29 is 4.79 Å². The smallest absolute Gasteiger partial charge is 0.238 e. The Bertz CT molecular complexity index is 522. The largest absolute Gasteiger partial charge is 0.325 e. The summed E-state index contributed by atoms with van der Waals surface area (Å²) in [6.45, 7) is 2.70. The lowest BCUT2D eigenvalue weighted by Gasteiger charge is -2.09. The van der Waals surface area contributed by atoms with Gasteiger partial charge in [-0.25, -0.2) is 0 Å². The lowest BCUT2D eigenvalue weighted by molar-refractivity contribution is -0.115. The number of amides is 1. The zero-order valence-electron chi connectivity index (χ0n) is 10.7. The highest BCUT2D eigenvalue weighted by Gasteiger charge is 2.11. The number of aromatic nitrogens is 2. The molecule has 0 aliphatic rings. The van der Waals surface area contributed by atoms with Crippen LogP contribution in [0.1, 0.15) is 18.9 Å². The summed E-state index contributed by atoms with van der Waals surface area (Å²) < 4.78 is 1.86. The fraction of sp³-hybridized carbons (Fsp3) is 0.286. The van der Waals surface area contributed by atoms with Crippen LogP contribution in [-0.2, 0) is 11.3 Å². The Hall–Kier alpha value is -1.62. The number of hydrogen-bond donors (Lipinski definition) is 1. The van der Waals surface area contributed by atoms with Crippen molar-refractivity contribution >= 4 is 27.5 Å². The van der Waals surface area contributed by atoms with Gasteiger partial charge in [-0.3, -0.25) is 9.48 Å². The summed E-state index contributed by atoms with van der Waals surface area (Å²) in [5, 5.41) is 7.03. The summed E-state index contributed by atoms with van der Waals surface area (Å²) in [5.74, 6) is -0.0117. The van der Waals surface area contributed by atoms with Crippen LogP contribution in [-0.4, -0.2) is 20.5 Å². The molecule has 0 bridgehead atoms. The standard InChI is InChI=1S/C14H16BrN3O/c1-2-13(15)14(19)17-12-6-4-11(5-7-12)10-18-9-3-8-16-18/h3-9,13H,2,10H2,1H3,(H,17,19). The Balaban J connectivity index is 1.96. The summed E-state index contributed by atoms with van der Waals surface area (Å²) in [6.07, 6.45) is 4.45. The molecule has 19 heavy (non-hydrogen) atoms. The van der Waals surface area contributed by atoms with E-state index in [2.05, 4.69) is 26.3 Å². The van der Waals surface area contributed by atoms with Crippen molar-refractivity contribution in [3.05, 3.63) is 48.3 Å². The fourth-order valence-corrected chi connectivity index (χ4v) is 1.79. The first-order chi connectivity index (χ1) is 9.19. The molecule has 1 heterocycles. The van der Waals surface area contributed by atoms with E-state index in [-0.39, 0.29) is 10.7 Å². The van der Waals surface area contributed by atoms with Crippen LogP contribution in [0, 0.1) is 0 Å². The molecule has 0 aliphatic carbocycles. The molecule has 5 heteroatoms. The molecular formula is C14H16BrN3O. The van der Waals surface area contributed by atoms with E-state index in [0.717, 1.165) is 24.2 Å². The summed E-state index contributed by atoms with van der Waals surface area (Å²) in [7, 11) is 0. The molecule has 4 nitrogen and oxygen atoms in total. The molecule has 0 aliphatic heterocycles. The van der Waals surface area contributed by atoms with Gasteiger partial charge in [-0.15, -0.1) is 0 Å². The molecule has 0 saturated carbocycles. The van der Waals surface area contributed by atoms with Crippen molar-refractivity contribution in [2.24, 2.45) is 0 Å². The first kappa shape index (κ1) is 13.8. The van der Waals surface area contributed by atoms with Gasteiger partial charge in [0, 0.05) is 18.1 Å². The van der Waals surface area contributed by atoms with E-state index >= 15 is 0 Å². The molecule has 100 valence electrons. The van der Waals surface area contributed by atoms with Crippen molar-refractivity contribution in [1.29, 1.82) is 0 Å². The van der Waals surface area contributed by atoms with Gasteiger partial charge in [-0.1, -0.05) is 35.0 Å². The Labute approximate surface area is 120 Å². The highest BCUT2D eigenvalue weighted by Crippen LogP contribution is 2.13. The number of nitrogens with zero attached hydrogens (tertiary/aromatic N) is 2. The van der Waals surface area contributed by atoms with Gasteiger partial charge in [0.15, 0.2) is 0 Å². The summed E-state index contributed by atoms with van der Waals surface area (Å²) >= 11 is 3.33. The number of nitrogens with one attached hydrogen (secondary N) is 1. The Morgan fingerprint density at radius 1 is 1.42 bits per heavy atom. The number of carbonyl (C=O) groups excluding carboxylic acids is 1. The zero-order valence-corrected chi connectivity index (χ0v) is 12.3. The van der Waals surface area contributed by atoms with E-state index in [0.29, 0.717) is 0 Å². The van der Waals surface area contributed by atoms with Crippen LogP contribution < -0.4 is 5.32 Å². The Morgan fingerprint density at radius 3 is 2.74 bits per heavy atom. The predicted molar refractivity (Wildman–Crippen MR) is 79.4 cm³/mol. The Morgan fingerprint density at radius 2 is 2.16 bits per heavy atom. The lowest BCUT2D eigenvalue weighted by atomic mass is 10.2. The SMILES string of the molecule is CCC(Br)C(=O)Nc1ccc(Cn2cccn2)cc1. The third-order valence-electron chi connectivity index (χ3n) is 2.77. The second-order valence-corrected chi connectivity index (χ2v) is 5.37. The zero-order chi connectivity index (χ0) is 13.7. The second-order valence-electron chi connectivity index (χ2n) is 4.27. The number of benzene rings is 1. The maximum atomic E-state index is 11.7. The van der Waals surface area contributed by atoms with Crippen molar-refractivity contribution in [1.82, 2.24) is 9.78 Å². The third kappa shape index (κ3) is 3.92. The van der Waals surface area contributed by atoms with Crippen LogP contribution in [0.3, 0.4) is 0 Å². The number of rotatable bonds is 5. The number of halogens is 1. The minimum absolute atomic E-state index is 0.0117. The van der Waals surface area contributed by atoms with E-state index in [1.165, 1.54) is 0 Å². The van der Waals surface area contributed by atoms with Crippen LogP contribution in [0.4, 0.5) is 5.69 Å². The van der Waals surface area contributed by atoms with Gasteiger partial charge < -0.3 is 5.32 Å². The van der Waals surface area contributed by atoms with E-state index in [1.54, 1.807) is 6.20 Å². The monoisotopic (exact) mass is 321 g/mol. The van der Waals surface area contributed by atoms with Gasteiger partial charge in [0.2, 0.25) is 5.91 Å². The first-order valence-electron chi connectivity index (χ1n) is 6.20. The molecular weight excluding hydrogens is 306 g/mol. The van der Waals surface area contributed by atoms with Gasteiger partial charge in [0.05, 0.1) is 11.4 Å². The van der Waals surface area contributed by atoms with Gasteiger partial charge in [0.1, 0.15) is 0 Å². The molecule has 2 rings (SSSR count). The highest BCUT2D eigenvalue weighted by atomic mass is 79.9. The van der Waals surface area contributed by atoms with Crippen LogP contribution in [0.15, 0.2) is 42.7 Å². The second kappa shape index (κ2) is 6.52. The molecule has 1 aromatic heterocycles. The molecule has 1 atom stereocenters. The molecule has 1 aromatic carbocycles. The predicted octanol–water partition coefficient (Wildman–Crippen LogP) is 3.04.